The lowest BCUT2D eigenvalue weighted by Crippen LogP contribution is -2.51. The van der Waals surface area contributed by atoms with Crippen molar-refractivity contribution in [2.45, 2.75) is 25.2 Å². The van der Waals surface area contributed by atoms with Crippen LogP contribution < -0.4 is 15.4 Å². The van der Waals surface area contributed by atoms with E-state index in [9.17, 15) is 0 Å². The van der Waals surface area contributed by atoms with E-state index in [-0.39, 0.29) is 0 Å². The van der Waals surface area contributed by atoms with Crippen molar-refractivity contribution in [3.63, 3.8) is 0 Å². The highest BCUT2D eigenvalue weighted by molar-refractivity contribution is 5.78. The summed E-state index contributed by atoms with van der Waals surface area (Å²) in [5.74, 6) is 2.80. The fourth-order valence-corrected chi connectivity index (χ4v) is 4.10. The zero-order valence-corrected chi connectivity index (χ0v) is 16.4. The molecular weight excluding hydrogens is 352 g/mol. The Bertz CT molecular complexity index is 817. The van der Waals surface area contributed by atoms with Crippen LogP contribution in [0, 0.1) is 0 Å². The highest BCUT2D eigenvalue weighted by atomic mass is 16.5. The number of ether oxygens (including phenoxy) is 1. The van der Waals surface area contributed by atoms with E-state index in [4.69, 9.17) is 15.5 Å². The normalized spacial score (nSPS) is 20.0. The molecule has 1 fully saturated rings. The second-order valence-corrected chi connectivity index (χ2v) is 7.38. The number of hydrogen-bond acceptors (Lipinski definition) is 5. The van der Waals surface area contributed by atoms with E-state index < -0.39 is 0 Å². The summed E-state index contributed by atoms with van der Waals surface area (Å²) in [6.07, 6.45) is 7.03. The van der Waals surface area contributed by atoms with Gasteiger partial charge < -0.3 is 20.3 Å². The summed E-state index contributed by atoms with van der Waals surface area (Å²) in [5, 5.41) is 0. The molecule has 4 rings (SSSR count). The molecule has 1 unspecified atom stereocenters. The van der Waals surface area contributed by atoms with Gasteiger partial charge >= 0.3 is 0 Å². The maximum absolute atomic E-state index is 6.32. The molecule has 1 aromatic carbocycles. The first-order valence-corrected chi connectivity index (χ1v) is 9.98. The SMILES string of the molecule is COc1ccc2c(c1)CCCC2CN=C(N)N1CCN(c2ncccn2)CC1. The molecule has 2 heterocycles. The maximum atomic E-state index is 6.32. The summed E-state index contributed by atoms with van der Waals surface area (Å²) >= 11 is 0. The molecule has 2 aliphatic rings. The molecule has 0 radical (unpaired) electrons. The molecule has 1 aliphatic heterocycles. The Morgan fingerprint density at radius 3 is 2.75 bits per heavy atom. The predicted octanol–water partition coefficient (Wildman–Crippen LogP) is 2.04. The van der Waals surface area contributed by atoms with Gasteiger partial charge in [0.1, 0.15) is 5.75 Å². The zero-order chi connectivity index (χ0) is 19.3. The van der Waals surface area contributed by atoms with Gasteiger partial charge in [-0.25, -0.2) is 9.97 Å². The molecule has 1 atom stereocenters. The van der Waals surface area contributed by atoms with Gasteiger partial charge in [0, 0.05) is 51.0 Å². The third kappa shape index (κ3) is 4.03. The average Bonchev–Trinajstić information content (AvgIpc) is 2.77. The monoisotopic (exact) mass is 380 g/mol. The predicted molar refractivity (Wildman–Crippen MR) is 111 cm³/mol. The van der Waals surface area contributed by atoms with Crippen molar-refractivity contribution in [3.8, 4) is 5.75 Å². The Hall–Kier alpha value is -2.83. The molecule has 0 amide bonds. The standard InChI is InChI=1S/C21H28N6O/c1-28-18-6-7-19-16(14-18)4-2-5-17(19)15-25-20(22)26-10-12-27(13-11-26)21-23-8-3-9-24-21/h3,6-9,14,17H,2,4-5,10-13,15H2,1H3,(H2,22,25). The smallest absolute Gasteiger partial charge is 0.225 e. The molecule has 7 heteroatoms. The van der Waals surface area contributed by atoms with Crippen LogP contribution in [0.3, 0.4) is 0 Å². The zero-order valence-electron chi connectivity index (χ0n) is 16.4. The number of anilines is 1. The fraction of sp³-hybridized carbons (Fsp3) is 0.476. The molecule has 1 aromatic heterocycles. The van der Waals surface area contributed by atoms with E-state index in [1.165, 1.54) is 17.5 Å². The Morgan fingerprint density at radius 2 is 2.00 bits per heavy atom. The van der Waals surface area contributed by atoms with Gasteiger partial charge in [-0.15, -0.1) is 0 Å². The van der Waals surface area contributed by atoms with E-state index in [0.717, 1.165) is 57.3 Å². The molecule has 0 saturated carbocycles. The lowest BCUT2D eigenvalue weighted by atomic mass is 9.83. The largest absolute Gasteiger partial charge is 0.497 e. The van der Waals surface area contributed by atoms with Gasteiger partial charge in [-0.2, -0.15) is 0 Å². The topological polar surface area (TPSA) is 79.9 Å². The van der Waals surface area contributed by atoms with Gasteiger partial charge in [-0.3, -0.25) is 4.99 Å². The van der Waals surface area contributed by atoms with Crippen molar-refractivity contribution in [2.24, 2.45) is 10.7 Å². The first-order chi connectivity index (χ1) is 13.7. The molecule has 2 N–H and O–H groups in total. The molecule has 2 aromatic rings. The second kappa shape index (κ2) is 8.46. The van der Waals surface area contributed by atoms with Crippen LogP contribution in [0.25, 0.3) is 0 Å². The highest BCUT2D eigenvalue weighted by Gasteiger charge is 2.22. The minimum atomic E-state index is 0.437. The van der Waals surface area contributed by atoms with Crippen LogP contribution in [0.15, 0.2) is 41.7 Å². The molecule has 1 saturated heterocycles. The minimum Gasteiger partial charge on any atom is -0.497 e. The van der Waals surface area contributed by atoms with Gasteiger partial charge in [-0.05, 0) is 48.6 Å². The summed E-state index contributed by atoms with van der Waals surface area (Å²) in [5.41, 5.74) is 9.11. The van der Waals surface area contributed by atoms with Crippen molar-refractivity contribution in [3.05, 3.63) is 47.8 Å². The summed E-state index contributed by atoms with van der Waals surface area (Å²) in [6.45, 7) is 4.13. The Balaban J connectivity index is 1.36. The number of methoxy groups -OCH3 is 1. The van der Waals surface area contributed by atoms with Crippen molar-refractivity contribution in [2.75, 3.05) is 44.7 Å². The van der Waals surface area contributed by atoms with E-state index in [1.807, 2.05) is 6.07 Å². The average molecular weight is 380 g/mol. The molecule has 1 aliphatic carbocycles. The number of rotatable bonds is 4. The van der Waals surface area contributed by atoms with Crippen LogP contribution in [-0.2, 0) is 6.42 Å². The van der Waals surface area contributed by atoms with Crippen molar-refractivity contribution >= 4 is 11.9 Å². The van der Waals surface area contributed by atoms with Crippen LogP contribution in [0.2, 0.25) is 0 Å². The number of hydrogen-bond donors (Lipinski definition) is 1. The molecule has 7 nitrogen and oxygen atoms in total. The Labute approximate surface area is 166 Å². The lowest BCUT2D eigenvalue weighted by Gasteiger charge is -2.35. The van der Waals surface area contributed by atoms with Crippen LogP contribution in [0.1, 0.15) is 29.9 Å². The molecule has 28 heavy (non-hydrogen) atoms. The fourth-order valence-electron chi connectivity index (χ4n) is 4.10. The first-order valence-electron chi connectivity index (χ1n) is 9.98. The van der Waals surface area contributed by atoms with Crippen LogP contribution in [0.4, 0.5) is 5.95 Å². The number of aryl methyl sites for hydroxylation is 1. The van der Waals surface area contributed by atoms with Gasteiger partial charge in [0.25, 0.3) is 0 Å². The summed E-state index contributed by atoms with van der Waals surface area (Å²) < 4.78 is 5.37. The number of aromatic nitrogens is 2. The molecule has 0 bridgehead atoms. The van der Waals surface area contributed by atoms with Crippen molar-refractivity contribution in [1.29, 1.82) is 0 Å². The first kappa shape index (κ1) is 18.5. The molecule has 0 spiro atoms. The number of guanidine groups is 1. The number of fused-ring (bicyclic) bond motifs is 1. The molecule has 148 valence electrons. The summed E-state index contributed by atoms with van der Waals surface area (Å²) in [7, 11) is 1.72. The van der Waals surface area contributed by atoms with Crippen molar-refractivity contribution in [1.82, 2.24) is 14.9 Å². The third-order valence-corrected chi connectivity index (χ3v) is 5.70. The van der Waals surface area contributed by atoms with Crippen LogP contribution in [0.5, 0.6) is 5.75 Å². The van der Waals surface area contributed by atoms with Gasteiger partial charge in [0.05, 0.1) is 7.11 Å². The van der Waals surface area contributed by atoms with Crippen LogP contribution in [-0.4, -0.2) is 60.7 Å². The van der Waals surface area contributed by atoms with Crippen molar-refractivity contribution < 1.29 is 4.74 Å². The number of benzene rings is 1. The van der Waals surface area contributed by atoms with Gasteiger partial charge in [0.15, 0.2) is 5.96 Å². The van der Waals surface area contributed by atoms with E-state index in [1.54, 1.807) is 19.5 Å². The second-order valence-electron chi connectivity index (χ2n) is 7.38. The number of aliphatic imine (C=N–C) groups is 1. The van der Waals surface area contributed by atoms with Crippen LogP contribution >= 0.6 is 0 Å². The number of nitrogens with two attached hydrogens (primary N) is 1. The number of nitrogens with zero attached hydrogens (tertiary/aromatic N) is 5. The Morgan fingerprint density at radius 1 is 1.21 bits per heavy atom. The maximum Gasteiger partial charge on any atom is 0.225 e. The van der Waals surface area contributed by atoms with E-state index >= 15 is 0 Å². The summed E-state index contributed by atoms with van der Waals surface area (Å²) in [4.78, 5) is 17.8. The van der Waals surface area contributed by atoms with Gasteiger partial charge in [0.2, 0.25) is 5.95 Å². The van der Waals surface area contributed by atoms with E-state index in [0.29, 0.717) is 11.9 Å². The lowest BCUT2D eigenvalue weighted by molar-refractivity contribution is 0.377. The third-order valence-electron chi connectivity index (χ3n) is 5.70. The highest BCUT2D eigenvalue weighted by Crippen LogP contribution is 2.34. The number of piperazine rings is 1. The van der Waals surface area contributed by atoms with Gasteiger partial charge in [-0.1, -0.05) is 6.07 Å². The molecular formula is C21H28N6O. The minimum absolute atomic E-state index is 0.437. The summed E-state index contributed by atoms with van der Waals surface area (Å²) in [6, 6.07) is 8.25. The van der Waals surface area contributed by atoms with E-state index in [2.05, 4.69) is 38.0 Å². The quantitative estimate of drug-likeness (QED) is 0.646. The Kier molecular flexibility index (Phi) is 5.60.